The number of carbonyl (C=O) groups is 2. The number of aromatic nitrogens is 2. The van der Waals surface area contributed by atoms with E-state index in [4.69, 9.17) is 9.72 Å². The molecule has 2 amide bonds. The molecule has 3 aliphatic rings. The van der Waals surface area contributed by atoms with Crippen molar-refractivity contribution in [3.8, 4) is 0 Å². The van der Waals surface area contributed by atoms with Crippen molar-refractivity contribution in [2.45, 2.75) is 71.4 Å². The Bertz CT molecular complexity index is 1190. The summed E-state index contributed by atoms with van der Waals surface area (Å²) in [7, 11) is 0. The van der Waals surface area contributed by atoms with Crippen LogP contribution in [0, 0.1) is 5.92 Å². The highest BCUT2D eigenvalue weighted by Gasteiger charge is 2.59. The molecular formula is C27H33FN4O3. The molecule has 1 fully saturated rings. The number of likely N-dealkylation sites (tertiary alicyclic amines) is 1. The monoisotopic (exact) mass is 480 g/mol. The third-order valence-electron chi connectivity index (χ3n) is 7.23. The van der Waals surface area contributed by atoms with Crippen molar-refractivity contribution in [2.75, 3.05) is 18.0 Å². The lowest BCUT2D eigenvalue weighted by atomic mass is 9.75. The molecule has 0 radical (unpaired) electrons. The van der Waals surface area contributed by atoms with Crippen molar-refractivity contribution in [2.24, 2.45) is 5.92 Å². The van der Waals surface area contributed by atoms with Crippen molar-refractivity contribution >= 4 is 23.9 Å². The van der Waals surface area contributed by atoms with Crippen molar-refractivity contribution in [3.05, 3.63) is 52.9 Å². The summed E-state index contributed by atoms with van der Waals surface area (Å²) in [5.74, 6) is 0.185. The van der Waals surface area contributed by atoms with E-state index in [1.165, 1.54) is 0 Å². The third kappa shape index (κ3) is 3.93. The van der Waals surface area contributed by atoms with Crippen LogP contribution in [-0.2, 0) is 34.3 Å². The first-order chi connectivity index (χ1) is 16.7. The Morgan fingerprint density at radius 3 is 2.60 bits per heavy atom. The van der Waals surface area contributed by atoms with Gasteiger partial charge in [0.25, 0.3) is 0 Å². The number of hydrogen-bond acceptors (Lipinski definition) is 4. The van der Waals surface area contributed by atoms with Crippen LogP contribution in [0.15, 0.2) is 30.1 Å². The zero-order valence-corrected chi connectivity index (χ0v) is 20.9. The van der Waals surface area contributed by atoms with E-state index in [9.17, 15) is 14.0 Å². The summed E-state index contributed by atoms with van der Waals surface area (Å²) in [4.78, 5) is 34.5. The number of para-hydroxylation sites is 1. The van der Waals surface area contributed by atoms with E-state index in [0.29, 0.717) is 5.82 Å². The van der Waals surface area contributed by atoms with E-state index in [1.807, 2.05) is 56.5 Å². The highest BCUT2D eigenvalue weighted by molar-refractivity contribution is 6.09. The Morgan fingerprint density at radius 1 is 1.17 bits per heavy atom. The quantitative estimate of drug-likeness (QED) is 0.615. The van der Waals surface area contributed by atoms with Gasteiger partial charge in [0.15, 0.2) is 0 Å². The molecule has 8 heteroatoms. The Hall–Kier alpha value is -3.16. The van der Waals surface area contributed by atoms with Gasteiger partial charge in [-0.25, -0.2) is 14.2 Å². The summed E-state index contributed by atoms with van der Waals surface area (Å²) in [5.41, 5.74) is 3.02. The van der Waals surface area contributed by atoms with Gasteiger partial charge in [-0.2, -0.15) is 0 Å². The van der Waals surface area contributed by atoms with Gasteiger partial charge in [-0.15, -0.1) is 0 Å². The van der Waals surface area contributed by atoms with Gasteiger partial charge in [-0.05, 0) is 51.2 Å². The molecule has 2 aliphatic heterocycles. The van der Waals surface area contributed by atoms with Gasteiger partial charge >= 0.3 is 6.09 Å². The van der Waals surface area contributed by atoms with Gasteiger partial charge in [-0.3, -0.25) is 4.79 Å². The number of rotatable bonds is 5. The summed E-state index contributed by atoms with van der Waals surface area (Å²) in [6.07, 6.45) is 4.77. The minimum Gasteiger partial charge on any atom is -0.447 e. The number of aryl methyl sites for hydroxylation is 1. The lowest BCUT2D eigenvalue weighted by Gasteiger charge is -2.46. The van der Waals surface area contributed by atoms with Crippen molar-refractivity contribution < 1.29 is 18.7 Å². The second-order valence-electron chi connectivity index (χ2n) is 10.4. The van der Waals surface area contributed by atoms with Crippen LogP contribution in [0.4, 0.5) is 14.9 Å². The predicted octanol–water partition coefficient (Wildman–Crippen LogP) is 4.83. The van der Waals surface area contributed by atoms with Gasteiger partial charge in [0.05, 0.1) is 18.3 Å². The first-order valence-electron chi connectivity index (χ1n) is 12.5. The molecule has 186 valence electrons. The van der Waals surface area contributed by atoms with Crippen molar-refractivity contribution in [1.82, 2.24) is 14.5 Å². The summed E-state index contributed by atoms with van der Waals surface area (Å²) >= 11 is 0. The average molecular weight is 481 g/mol. The summed E-state index contributed by atoms with van der Waals surface area (Å²) in [6, 6.07) is 7.74. The highest BCUT2D eigenvalue weighted by atomic mass is 19.1. The zero-order valence-electron chi connectivity index (χ0n) is 20.9. The van der Waals surface area contributed by atoms with E-state index < -0.39 is 11.5 Å². The number of ether oxygens (including phenoxy) is 1. The predicted molar refractivity (Wildman–Crippen MR) is 132 cm³/mol. The fourth-order valence-electron chi connectivity index (χ4n) is 5.37. The molecule has 35 heavy (non-hydrogen) atoms. The maximum absolute atomic E-state index is 14.7. The average Bonchev–Trinajstić information content (AvgIpc) is 3.25. The molecule has 1 aliphatic carbocycles. The molecule has 0 saturated carbocycles. The van der Waals surface area contributed by atoms with E-state index in [1.54, 1.807) is 16.0 Å². The molecule has 7 nitrogen and oxygen atoms in total. The van der Waals surface area contributed by atoms with Crippen LogP contribution in [0.25, 0.3) is 6.20 Å². The van der Waals surface area contributed by atoms with Crippen LogP contribution in [0.5, 0.6) is 0 Å². The first kappa shape index (κ1) is 23.6. The highest BCUT2D eigenvalue weighted by Crippen LogP contribution is 2.48. The maximum atomic E-state index is 14.7. The van der Waals surface area contributed by atoms with E-state index >= 15 is 0 Å². The lowest BCUT2D eigenvalue weighted by Crippen LogP contribution is -2.65. The maximum Gasteiger partial charge on any atom is 0.410 e. The van der Waals surface area contributed by atoms with E-state index in [0.717, 1.165) is 48.3 Å². The second kappa shape index (κ2) is 8.81. The number of amides is 2. The minimum atomic E-state index is -0.775. The van der Waals surface area contributed by atoms with Crippen LogP contribution in [0.3, 0.4) is 0 Å². The van der Waals surface area contributed by atoms with Gasteiger partial charge in [0, 0.05) is 36.6 Å². The number of carbonyl (C=O) groups excluding carboxylic acids is 2. The minimum absolute atomic E-state index is 0.0480. The summed E-state index contributed by atoms with van der Waals surface area (Å²) < 4.78 is 21.9. The molecule has 0 N–H and O–H groups in total. The molecule has 1 spiro atoms. The van der Waals surface area contributed by atoms with Gasteiger partial charge in [0.2, 0.25) is 5.91 Å². The number of benzene rings is 1. The first-order valence-corrected chi connectivity index (χ1v) is 12.5. The Balaban J connectivity index is 1.47. The number of halogens is 1. The molecule has 1 aromatic heterocycles. The van der Waals surface area contributed by atoms with Crippen LogP contribution < -0.4 is 4.90 Å². The van der Waals surface area contributed by atoms with Crippen LogP contribution in [0.1, 0.15) is 63.3 Å². The smallest absolute Gasteiger partial charge is 0.410 e. The SMILES string of the molecule is CC(C)OC(=O)N1CC2(C1)C(=O)N(Cc1nc3c(n1C=C(F)C(C)C)CCCC3)c1ccccc12. The van der Waals surface area contributed by atoms with Crippen molar-refractivity contribution in [3.63, 3.8) is 0 Å². The fourth-order valence-corrected chi connectivity index (χ4v) is 5.37. The Labute approximate surface area is 205 Å². The third-order valence-corrected chi connectivity index (χ3v) is 7.23. The number of fused-ring (bicyclic) bond motifs is 3. The molecule has 1 aromatic carbocycles. The van der Waals surface area contributed by atoms with E-state index in [2.05, 4.69) is 0 Å². The fraction of sp³-hybridized carbons (Fsp3) is 0.519. The van der Waals surface area contributed by atoms with Gasteiger partial charge < -0.3 is 19.1 Å². The molecular weight excluding hydrogens is 447 g/mol. The second-order valence-corrected chi connectivity index (χ2v) is 10.4. The molecule has 3 heterocycles. The number of imidazole rings is 1. The number of hydrogen-bond donors (Lipinski definition) is 0. The molecule has 0 bridgehead atoms. The number of nitrogens with zero attached hydrogens (tertiary/aromatic N) is 4. The van der Waals surface area contributed by atoms with Crippen LogP contribution >= 0.6 is 0 Å². The molecule has 5 rings (SSSR count). The molecule has 1 saturated heterocycles. The number of allylic oxidation sites excluding steroid dienone is 1. The topological polar surface area (TPSA) is 67.7 Å². The molecule has 0 atom stereocenters. The standard InChI is InChI=1S/C27H33FN4O3/c1-17(2)20(28)13-31-23-12-8-6-10-21(23)29-24(31)14-32-22-11-7-5-9-19(22)27(25(32)33)15-30(16-27)26(34)35-18(3)4/h5,7,9,11,13,17-18H,6,8,10,12,14-16H2,1-4H3. The summed E-state index contributed by atoms with van der Waals surface area (Å²) in [6.45, 7) is 8.10. The number of anilines is 1. The zero-order chi connectivity index (χ0) is 24.9. The normalized spacial score (nSPS) is 18.8. The van der Waals surface area contributed by atoms with Crippen molar-refractivity contribution in [1.29, 1.82) is 0 Å². The lowest BCUT2D eigenvalue weighted by molar-refractivity contribution is -0.128. The summed E-state index contributed by atoms with van der Waals surface area (Å²) in [5, 5.41) is 0. The Morgan fingerprint density at radius 2 is 1.89 bits per heavy atom. The van der Waals surface area contributed by atoms with E-state index in [-0.39, 0.29) is 43.4 Å². The van der Waals surface area contributed by atoms with Crippen LogP contribution in [0.2, 0.25) is 0 Å². The largest absolute Gasteiger partial charge is 0.447 e. The van der Waals surface area contributed by atoms with Crippen LogP contribution in [-0.4, -0.2) is 45.6 Å². The molecule has 2 aromatic rings. The Kier molecular flexibility index (Phi) is 5.93. The van der Waals surface area contributed by atoms with Gasteiger partial charge in [0.1, 0.15) is 17.1 Å². The molecule has 0 unspecified atom stereocenters. The van der Waals surface area contributed by atoms with Gasteiger partial charge in [-0.1, -0.05) is 32.0 Å².